The molecule has 94 valence electrons. The van der Waals surface area contributed by atoms with E-state index in [0.29, 0.717) is 0 Å². The SMILES string of the molecule is C/C=C/CCC(C/C=C/C)CCCCCC. The van der Waals surface area contributed by atoms with Crippen molar-refractivity contribution in [2.24, 2.45) is 5.92 Å². The molecule has 0 aromatic rings. The molecular formula is C16H30. The third-order valence-corrected chi connectivity index (χ3v) is 3.15. The zero-order chi connectivity index (χ0) is 12.1. The molecule has 0 saturated carbocycles. The number of rotatable bonds is 10. The largest absolute Gasteiger partial charge is 0.0917 e. The fourth-order valence-electron chi connectivity index (χ4n) is 2.07. The molecule has 0 bridgehead atoms. The second-order valence-corrected chi connectivity index (χ2v) is 4.67. The van der Waals surface area contributed by atoms with Gasteiger partial charge < -0.3 is 0 Å². The monoisotopic (exact) mass is 222 g/mol. The molecule has 0 heteroatoms. The Balaban J connectivity index is 3.71. The van der Waals surface area contributed by atoms with E-state index >= 15 is 0 Å². The van der Waals surface area contributed by atoms with E-state index in [1.807, 2.05) is 0 Å². The number of allylic oxidation sites excluding steroid dienone is 4. The maximum absolute atomic E-state index is 2.33. The molecule has 0 aromatic heterocycles. The van der Waals surface area contributed by atoms with Gasteiger partial charge in [-0.3, -0.25) is 0 Å². The van der Waals surface area contributed by atoms with Crippen LogP contribution in [0.15, 0.2) is 24.3 Å². The van der Waals surface area contributed by atoms with Crippen molar-refractivity contribution in [1.82, 2.24) is 0 Å². The van der Waals surface area contributed by atoms with Crippen molar-refractivity contribution < 1.29 is 0 Å². The standard InChI is InChI=1S/C16H30/c1-4-7-10-12-15-16(13-9-6-3)14-11-8-5-2/h5-6,8-9,16H,4,7,10-15H2,1-3H3/b8-5+,9-6+. The number of hydrogen-bond donors (Lipinski definition) is 0. The molecule has 0 aliphatic rings. The van der Waals surface area contributed by atoms with E-state index in [9.17, 15) is 0 Å². The molecule has 0 aliphatic heterocycles. The van der Waals surface area contributed by atoms with Gasteiger partial charge in [0.05, 0.1) is 0 Å². The van der Waals surface area contributed by atoms with Crippen LogP contribution in [0.1, 0.15) is 72.1 Å². The fraction of sp³-hybridized carbons (Fsp3) is 0.750. The van der Waals surface area contributed by atoms with Gasteiger partial charge in [0.25, 0.3) is 0 Å². The minimum Gasteiger partial charge on any atom is -0.0917 e. The summed E-state index contributed by atoms with van der Waals surface area (Å²) in [4.78, 5) is 0. The van der Waals surface area contributed by atoms with Crippen LogP contribution in [0.5, 0.6) is 0 Å². The zero-order valence-corrected chi connectivity index (χ0v) is 11.5. The van der Waals surface area contributed by atoms with E-state index in [0.717, 1.165) is 5.92 Å². The van der Waals surface area contributed by atoms with Gasteiger partial charge in [-0.1, -0.05) is 63.3 Å². The highest BCUT2D eigenvalue weighted by Crippen LogP contribution is 2.20. The third-order valence-electron chi connectivity index (χ3n) is 3.15. The molecule has 0 radical (unpaired) electrons. The molecule has 0 amide bonds. The summed E-state index contributed by atoms with van der Waals surface area (Å²) in [6.07, 6.45) is 19.9. The third kappa shape index (κ3) is 10.0. The smallest absolute Gasteiger partial charge is 0.0322 e. The van der Waals surface area contributed by atoms with Crippen LogP contribution in [0.3, 0.4) is 0 Å². The topological polar surface area (TPSA) is 0 Å². The number of hydrogen-bond acceptors (Lipinski definition) is 0. The average molecular weight is 222 g/mol. The van der Waals surface area contributed by atoms with Crippen molar-refractivity contribution in [2.75, 3.05) is 0 Å². The summed E-state index contributed by atoms with van der Waals surface area (Å²) < 4.78 is 0. The van der Waals surface area contributed by atoms with Crippen molar-refractivity contribution in [3.8, 4) is 0 Å². The summed E-state index contributed by atoms with van der Waals surface area (Å²) >= 11 is 0. The lowest BCUT2D eigenvalue weighted by atomic mass is 9.92. The van der Waals surface area contributed by atoms with Crippen LogP contribution < -0.4 is 0 Å². The maximum Gasteiger partial charge on any atom is -0.0322 e. The first-order valence-electron chi connectivity index (χ1n) is 7.07. The first-order chi connectivity index (χ1) is 7.85. The molecular weight excluding hydrogens is 192 g/mol. The van der Waals surface area contributed by atoms with Crippen LogP contribution in [0, 0.1) is 5.92 Å². The predicted molar refractivity (Wildman–Crippen MR) is 75.7 cm³/mol. The van der Waals surface area contributed by atoms with Crippen molar-refractivity contribution in [1.29, 1.82) is 0 Å². The molecule has 0 spiro atoms. The molecule has 0 saturated heterocycles. The van der Waals surface area contributed by atoms with E-state index in [-0.39, 0.29) is 0 Å². The second-order valence-electron chi connectivity index (χ2n) is 4.67. The Morgan fingerprint density at radius 1 is 0.875 bits per heavy atom. The van der Waals surface area contributed by atoms with Crippen LogP contribution in [-0.2, 0) is 0 Å². The Bertz CT molecular complexity index is 176. The van der Waals surface area contributed by atoms with Gasteiger partial charge in [-0.05, 0) is 39.0 Å². The lowest BCUT2D eigenvalue weighted by Crippen LogP contribution is -1.99. The van der Waals surface area contributed by atoms with Crippen molar-refractivity contribution >= 4 is 0 Å². The maximum atomic E-state index is 2.33. The van der Waals surface area contributed by atoms with Crippen molar-refractivity contribution in [3.63, 3.8) is 0 Å². The fourth-order valence-corrected chi connectivity index (χ4v) is 2.07. The molecule has 0 aromatic carbocycles. The predicted octanol–water partition coefficient (Wildman–Crippen LogP) is 5.90. The lowest BCUT2D eigenvalue weighted by molar-refractivity contribution is 0.432. The van der Waals surface area contributed by atoms with Gasteiger partial charge in [0.15, 0.2) is 0 Å². The van der Waals surface area contributed by atoms with Gasteiger partial charge in [0, 0.05) is 0 Å². The molecule has 0 aliphatic carbocycles. The number of unbranched alkanes of at least 4 members (excludes halogenated alkanes) is 3. The molecule has 1 unspecified atom stereocenters. The molecule has 0 nitrogen and oxygen atoms in total. The highest BCUT2D eigenvalue weighted by molar-refractivity contribution is 4.83. The van der Waals surface area contributed by atoms with Crippen LogP contribution in [0.25, 0.3) is 0 Å². The van der Waals surface area contributed by atoms with Gasteiger partial charge in [0.1, 0.15) is 0 Å². The minimum absolute atomic E-state index is 0.907. The van der Waals surface area contributed by atoms with Crippen LogP contribution in [0.4, 0.5) is 0 Å². The summed E-state index contributed by atoms with van der Waals surface area (Å²) in [6, 6.07) is 0. The molecule has 0 N–H and O–H groups in total. The summed E-state index contributed by atoms with van der Waals surface area (Å²) in [5, 5.41) is 0. The van der Waals surface area contributed by atoms with E-state index in [4.69, 9.17) is 0 Å². The Labute approximate surface area is 103 Å². The van der Waals surface area contributed by atoms with Crippen molar-refractivity contribution in [2.45, 2.75) is 72.1 Å². The minimum atomic E-state index is 0.907. The zero-order valence-electron chi connectivity index (χ0n) is 11.5. The first kappa shape index (κ1) is 15.5. The molecule has 0 rings (SSSR count). The van der Waals surface area contributed by atoms with Crippen molar-refractivity contribution in [3.05, 3.63) is 24.3 Å². The summed E-state index contributed by atoms with van der Waals surface area (Å²) in [5.74, 6) is 0.907. The van der Waals surface area contributed by atoms with Crippen LogP contribution in [-0.4, -0.2) is 0 Å². The highest BCUT2D eigenvalue weighted by atomic mass is 14.1. The van der Waals surface area contributed by atoms with E-state index < -0.39 is 0 Å². The Kier molecular flexibility index (Phi) is 12.1. The molecule has 16 heavy (non-hydrogen) atoms. The van der Waals surface area contributed by atoms with E-state index in [1.54, 1.807) is 0 Å². The Morgan fingerprint density at radius 3 is 2.25 bits per heavy atom. The van der Waals surface area contributed by atoms with E-state index in [2.05, 4.69) is 45.1 Å². The van der Waals surface area contributed by atoms with Crippen LogP contribution in [0.2, 0.25) is 0 Å². The van der Waals surface area contributed by atoms with Gasteiger partial charge in [-0.15, -0.1) is 0 Å². The lowest BCUT2D eigenvalue weighted by Gasteiger charge is -2.13. The van der Waals surface area contributed by atoms with Gasteiger partial charge in [-0.2, -0.15) is 0 Å². The average Bonchev–Trinajstić information content (AvgIpc) is 2.31. The summed E-state index contributed by atoms with van der Waals surface area (Å²) in [6.45, 7) is 6.52. The van der Waals surface area contributed by atoms with Gasteiger partial charge in [-0.25, -0.2) is 0 Å². The highest BCUT2D eigenvalue weighted by Gasteiger charge is 2.05. The summed E-state index contributed by atoms with van der Waals surface area (Å²) in [5.41, 5.74) is 0. The van der Waals surface area contributed by atoms with Crippen LogP contribution >= 0.6 is 0 Å². The molecule has 1 atom stereocenters. The van der Waals surface area contributed by atoms with E-state index in [1.165, 1.54) is 51.4 Å². The van der Waals surface area contributed by atoms with Gasteiger partial charge >= 0.3 is 0 Å². The normalized spacial score (nSPS) is 13.9. The van der Waals surface area contributed by atoms with Gasteiger partial charge in [0.2, 0.25) is 0 Å². The summed E-state index contributed by atoms with van der Waals surface area (Å²) in [7, 11) is 0. The molecule has 0 fully saturated rings. The first-order valence-corrected chi connectivity index (χ1v) is 7.07. The second kappa shape index (κ2) is 12.5. The molecule has 0 heterocycles. The Morgan fingerprint density at radius 2 is 1.62 bits per heavy atom. The Hall–Kier alpha value is -0.520. The quantitative estimate of drug-likeness (QED) is 0.319.